The van der Waals surface area contributed by atoms with Crippen LogP contribution in [0.1, 0.15) is 144 Å². The molecule has 5 unspecified atom stereocenters. The first-order valence-corrected chi connectivity index (χ1v) is 18.5. The summed E-state index contributed by atoms with van der Waals surface area (Å²) in [4.78, 5) is 32.9. The van der Waals surface area contributed by atoms with Crippen LogP contribution in [0.2, 0.25) is 0 Å². The second kappa shape index (κ2) is 24.1. The Balaban J connectivity index is 0.000000887. The molecule has 0 aliphatic rings. The molecule has 0 amide bonds. The molecule has 48 heavy (non-hydrogen) atoms. The Morgan fingerprint density at radius 3 is 1.27 bits per heavy atom. The van der Waals surface area contributed by atoms with Gasteiger partial charge in [-0.15, -0.1) is 0 Å². The predicted octanol–water partition coefficient (Wildman–Crippen LogP) is 11.1. The third-order valence-corrected chi connectivity index (χ3v) is 8.22. The van der Waals surface area contributed by atoms with Gasteiger partial charge in [-0.2, -0.15) is 0 Å². The number of hydrogen-bond donors (Lipinski definition) is 0. The van der Waals surface area contributed by atoms with Gasteiger partial charge in [0.15, 0.2) is 5.78 Å². The number of ketones is 1. The van der Waals surface area contributed by atoms with Crippen LogP contribution in [0, 0.1) is 23.7 Å². The lowest BCUT2D eigenvalue weighted by Gasteiger charge is -2.19. The summed E-state index contributed by atoms with van der Waals surface area (Å²) in [5.41, 5.74) is 5.35. The van der Waals surface area contributed by atoms with Crippen molar-refractivity contribution in [1.29, 1.82) is 0 Å². The van der Waals surface area contributed by atoms with E-state index in [-0.39, 0.29) is 41.7 Å². The molecule has 0 saturated carbocycles. The van der Waals surface area contributed by atoms with Crippen LogP contribution in [-0.2, 0) is 27.2 Å². The van der Waals surface area contributed by atoms with Crippen LogP contribution in [0.4, 0.5) is 0 Å². The smallest absolute Gasteiger partial charge is 0.331 e. The van der Waals surface area contributed by atoms with Gasteiger partial charge in [0.25, 0.3) is 0 Å². The first-order valence-electron chi connectivity index (χ1n) is 18.5. The highest BCUT2D eigenvalue weighted by Gasteiger charge is 2.24. The standard InChI is InChI=1S/C22H35NO2.C19H29NO.C2H6/c1-8-18(7)25-22(24)21(16(4)5)23-14-17(6)13-19-9-11-20(12-10-19)15(2)3;1-13(2)18-9-7-17(8-10-18)11-15(5)12-20-19(14(3)4)16(6)21;1-2/h9-12,14-18,21H,8,13H2,1-7H3;7-10,12-15,19H,11H2,1-6H3;1-2H3. The van der Waals surface area contributed by atoms with Crippen molar-refractivity contribution in [2.45, 2.75) is 153 Å². The average Bonchev–Trinajstić information content (AvgIpc) is 3.02. The lowest BCUT2D eigenvalue weighted by Crippen LogP contribution is -2.30. The van der Waals surface area contributed by atoms with Crippen LogP contribution in [0.3, 0.4) is 0 Å². The van der Waals surface area contributed by atoms with Gasteiger partial charge in [-0.3, -0.25) is 14.8 Å². The summed E-state index contributed by atoms with van der Waals surface area (Å²) < 4.78 is 5.46. The number of hydrogen-bond acceptors (Lipinski definition) is 5. The van der Waals surface area contributed by atoms with Crippen LogP contribution in [0.5, 0.6) is 0 Å². The highest BCUT2D eigenvalue weighted by Crippen LogP contribution is 2.18. The van der Waals surface area contributed by atoms with Crippen molar-refractivity contribution in [3.63, 3.8) is 0 Å². The largest absolute Gasteiger partial charge is 0.461 e. The Morgan fingerprint density at radius 2 is 0.979 bits per heavy atom. The summed E-state index contributed by atoms with van der Waals surface area (Å²) in [6, 6.07) is 17.0. The maximum Gasteiger partial charge on any atom is 0.331 e. The zero-order valence-corrected chi connectivity index (χ0v) is 33.2. The number of esters is 1. The summed E-state index contributed by atoms with van der Waals surface area (Å²) in [6.45, 7) is 30.8. The molecule has 5 nitrogen and oxygen atoms in total. The van der Waals surface area contributed by atoms with Crippen molar-refractivity contribution in [1.82, 2.24) is 0 Å². The van der Waals surface area contributed by atoms with Crippen molar-refractivity contribution >= 4 is 24.2 Å². The van der Waals surface area contributed by atoms with Gasteiger partial charge in [-0.25, -0.2) is 4.79 Å². The third kappa shape index (κ3) is 17.9. The van der Waals surface area contributed by atoms with Gasteiger partial charge >= 0.3 is 5.97 Å². The summed E-state index contributed by atoms with van der Waals surface area (Å²) in [5.74, 6) is 2.07. The Hall–Kier alpha value is -3.08. The normalized spacial score (nSPS) is 14.7. The number of benzene rings is 2. The summed E-state index contributed by atoms with van der Waals surface area (Å²) in [6.07, 6.45) is 6.52. The number of rotatable bonds is 16. The fourth-order valence-corrected chi connectivity index (χ4v) is 5.01. The first-order chi connectivity index (χ1) is 22.5. The van der Waals surface area contributed by atoms with Crippen LogP contribution in [0.15, 0.2) is 58.5 Å². The molecule has 2 aromatic rings. The molecule has 0 saturated heterocycles. The SMILES string of the molecule is CC.CC(=O)C(N=CC(C)Cc1ccc(C(C)C)cc1)C(C)C.CCC(C)OC(=O)C(N=CC(C)Cc1ccc(C(C)C)cc1)C(C)C. The highest BCUT2D eigenvalue weighted by molar-refractivity contribution is 5.83. The Bertz CT molecular complexity index is 1210. The van der Waals surface area contributed by atoms with E-state index in [0.717, 1.165) is 19.3 Å². The Morgan fingerprint density at radius 1 is 0.625 bits per heavy atom. The molecule has 5 atom stereocenters. The molecule has 0 bridgehead atoms. The maximum atomic E-state index is 12.3. The molecule has 2 rings (SSSR count). The van der Waals surface area contributed by atoms with E-state index in [1.165, 1.54) is 22.3 Å². The van der Waals surface area contributed by atoms with Crippen LogP contribution < -0.4 is 0 Å². The van der Waals surface area contributed by atoms with Crippen molar-refractivity contribution in [3.05, 3.63) is 70.8 Å². The molecule has 0 spiro atoms. The minimum atomic E-state index is -0.417. The van der Waals surface area contributed by atoms with E-state index >= 15 is 0 Å². The zero-order chi connectivity index (χ0) is 37.0. The van der Waals surface area contributed by atoms with Gasteiger partial charge < -0.3 is 4.74 Å². The first kappa shape index (κ1) is 44.9. The average molecular weight is 663 g/mol. The van der Waals surface area contributed by atoms with Gasteiger partial charge in [0, 0.05) is 12.4 Å². The maximum absolute atomic E-state index is 12.3. The minimum Gasteiger partial charge on any atom is -0.461 e. The topological polar surface area (TPSA) is 68.1 Å². The molecule has 0 heterocycles. The summed E-state index contributed by atoms with van der Waals surface area (Å²) >= 11 is 0. The van der Waals surface area contributed by atoms with Gasteiger partial charge in [-0.05, 0) is 90.9 Å². The van der Waals surface area contributed by atoms with Crippen molar-refractivity contribution in [3.8, 4) is 0 Å². The van der Waals surface area contributed by atoms with E-state index in [2.05, 4.69) is 100 Å². The summed E-state index contributed by atoms with van der Waals surface area (Å²) in [7, 11) is 0. The van der Waals surface area contributed by atoms with E-state index in [9.17, 15) is 9.59 Å². The number of carbonyl (C=O) groups excluding carboxylic acids is 2. The van der Waals surface area contributed by atoms with Crippen molar-refractivity contribution in [2.75, 3.05) is 0 Å². The zero-order valence-electron chi connectivity index (χ0n) is 33.2. The molecule has 0 radical (unpaired) electrons. The van der Waals surface area contributed by atoms with E-state index in [1.807, 2.05) is 67.8 Å². The highest BCUT2D eigenvalue weighted by atomic mass is 16.5. The monoisotopic (exact) mass is 663 g/mol. The second-order valence-electron chi connectivity index (χ2n) is 14.4. The number of nitrogens with zero attached hydrogens (tertiary/aromatic N) is 2. The lowest BCUT2D eigenvalue weighted by molar-refractivity contribution is -0.150. The number of aliphatic imine (C=N–C) groups is 2. The van der Waals surface area contributed by atoms with Crippen molar-refractivity contribution in [2.24, 2.45) is 33.7 Å². The Kier molecular flexibility index (Phi) is 22.6. The minimum absolute atomic E-state index is 0.0548. The number of Topliss-reactive ketones (excluding diaryl/α,β-unsaturated/α-hetero) is 1. The van der Waals surface area contributed by atoms with Gasteiger partial charge in [0.2, 0.25) is 0 Å². The fourth-order valence-electron chi connectivity index (χ4n) is 5.01. The van der Waals surface area contributed by atoms with E-state index in [4.69, 9.17) is 4.74 Å². The van der Waals surface area contributed by atoms with Gasteiger partial charge in [-0.1, -0.05) is 139 Å². The molecule has 0 aliphatic carbocycles. The molecule has 5 heteroatoms. The van der Waals surface area contributed by atoms with Gasteiger partial charge in [0.05, 0.1) is 6.10 Å². The van der Waals surface area contributed by atoms with E-state index in [1.54, 1.807) is 6.92 Å². The summed E-state index contributed by atoms with van der Waals surface area (Å²) in [5, 5.41) is 0. The number of carbonyl (C=O) groups is 2. The molecule has 2 aromatic carbocycles. The Labute approximate surface area is 295 Å². The third-order valence-electron chi connectivity index (χ3n) is 8.22. The van der Waals surface area contributed by atoms with E-state index in [0.29, 0.717) is 17.8 Å². The van der Waals surface area contributed by atoms with Crippen LogP contribution in [0.25, 0.3) is 0 Å². The molecule has 0 aliphatic heterocycles. The second-order valence-corrected chi connectivity index (χ2v) is 14.4. The predicted molar refractivity (Wildman–Crippen MR) is 209 cm³/mol. The fraction of sp³-hybridized carbons (Fsp3) is 0.628. The van der Waals surface area contributed by atoms with Gasteiger partial charge in [0.1, 0.15) is 12.1 Å². The molecular formula is C43H70N2O3. The molecule has 0 aromatic heterocycles. The van der Waals surface area contributed by atoms with Crippen LogP contribution in [-0.4, -0.2) is 42.4 Å². The molecule has 0 fully saturated rings. The number of ether oxygens (including phenoxy) is 1. The molecule has 270 valence electrons. The van der Waals surface area contributed by atoms with Crippen molar-refractivity contribution < 1.29 is 14.3 Å². The van der Waals surface area contributed by atoms with E-state index < -0.39 is 6.04 Å². The molecule has 0 N–H and O–H groups in total. The van der Waals surface area contributed by atoms with Crippen LogP contribution >= 0.6 is 0 Å². The quantitative estimate of drug-likeness (QED) is 0.133. The lowest BCUT2D eigenvalue weighted by atomic mass is 9.97. The molecular weight excluding hydrogens is 592 g/mol.